The summed E-state index contributed by atoms with van der Waals surface area (Å²) in [5.74, 6) is 2.55. The molecule has 4 rings (SSSR count). The molecule has 0 aliphatic heterocycles. The van der Waals surface area contributed by atoms with Gasteiger partial charge in [0, 0.05) is 6.42 Å². The first-order valence-electron chi connectivity index (χ1n) is 11.8. The number of aliphatic hydroxyl groups is 2. The molecule has 0 spiro atoms. The molecule has 160 valence electrons. The van der Waals surface area contributed by atoms with Crippen molar-refractivity contribution in [1.29, 1.82) is 0 Å². The van der Waals surface area contributed by atoms with Crippen molar-refractivity contribution in [3.63, 3.8) is 0 Å². The third kappa shape index (κ3) is 3.05. The molecule has 0 bridgehead atoms. The average molecular weight is 393 g/mol. The van der Waals surface area contributed by atoms with Crippen LogP contribution in [0, 0.1) is 46.3 Å². The maximum Gasteiger partial charge on any atom is 0.303 e. The molecule has 0 saturated heterocycles. The molecule has 4 aliphatic rings. The fourth-order valence-electron chi connectivity index (χ4n) is 8.71. The van der Waals surface area contributed by atoms with Crippen LogP contribution in [0.2, 0.25) is 0 Å². The summed E-state index contributed by atoms with van der Waals surface area (Å²) in [6, 6.07) is 0. The van der Waals surface area contributed by atoms with E-state index in [0.717, 1.165) is 38.5 Å². The van der Waals surface area contributed by atoms with E-state index in [1.54, 1.807) is 0 Å². The molecule has 4 saturated carbocycles. The molecule has 0 radical (unpaired) electrons. The van der Waals surface area contributed by atoms with Crippen LogP contribution in [0.25, 0.3) is 0 Å². The molecule has 4 fully saturated rings. The molecule has 3 N–H and O–H groups in total. The Balaban J connectivity index is 1.56. The number of aliphatic carboxylic acids is 1. The van der Waals surface area contributed by atoms with Crippen LogP contribution in [0.1, 0.15) is 85.0 Å². The lowest BCUT2D eigenvalue weighted by Crippen LogP contribution is -2.58. The lowest BCUT2D eigenvalue weighted by molar-refractivity contribution is -0.175. The minimum absolute atomic E-state index is 0.0591. The number of carboxylic acid groups (broad SMARTS) is 1. The molecule has 0 heterocycles. The maximum absolute atomic E-state index is 11.5. The Hall–Kier alpha value is -0.610. The second kappa shape index (κ2) is 7.27. The number of fused-ring (bicyclic) bond motifs is 5. The van der Waals surface area contributed by atoms with Crippen molar-refractivity contribution in [2.75, 3.05) is 0 Å². The standard InChI is InChI=1S/C24H40O4/c1-14(4-9-22(27)28)18-7-8-19-17-6-5-15-12-16(25)10-11-23(15,2)20(17)13-21(26)24(18,19)3/h14-21,25-26H,4-13H2,1-3H3,(H,27,28)/t14-,15+,16?,17?,18?,19?,20?,21?,23?,24?/m1/s1. The predicted molar refractivity (Wildman–Crippen MR) is 109 cm³/mol. The fraction of sp³-hybridized carbons (Fsp3) is 0.958. The van der Waals surface area contributed by atoms with Gasteiger partial charge in [-0.3, -0.25) is 4.79 Å². The highest BCUT2D eigenvalue weighted by molar-refractivity contribution is 5.66. The second-order valence-electron chi connectivity index (χ2n) is 11.3. The first kappa shape index (κ1) is 20.7. The van der Waals surface area contributed by atoms with E-state index < -0.39 is 5.97 Å². The van der Waals surface area contributed by atoms with Crippen LogP contribution in [0.3, 0.4) is 0 Å². The molecular formula is C24H40O4. The summed E-state index contributed by atoms with van der Waals surface area (Å²) in [6.07, 6.45) is 9.26. The van der Waals surface area contributed by atoms with Gasteiger partial charge < -0.3 is 15.3 Å². The highest BCUT2D eigenvalue weighted by Gasteiger charge is 2.63. The van der Waals surface area contributed by atoms with E-state index in [9.17, 15) is 15.0 Å². The number of rotatable bonds is 4. The quantitative estimate of drug-likeness (QED) is 0.659. The first-order valence-corrected chi connectivity index (χ1v) is 11.8. The molecular weight excluding hydrogens is 352 g/mol. The third-order valence-electron chi connectivity index (χ3n) is 10.3. The normalized spacial score (nSPS) is 51.7. The van der Waals surface area contributed by atoms with E-state index >= 15 is 0 Å². The Morgan fingerprint density at radius 2 is 1.79 bits per heavy atom. The Kier molecular flexibility index (Phi) is 5.36. The predicted octanol–water partition coefficient (Wildman–Crippen LogP) is 4.48. The van der Waals surface area contributed by atoms with Crippen LogP contribution in [0.4, 0.5) is 0 Å². The average Bonchev–Trinajstić information content (AvgIpc) is 3.00. The van der Waals surface area contributed by atoms with E-state index in [2.05, 4.69) is 20.8 Å². The lowest BCUT2D eigenvalue weighted by Gasteiger charge is -2.62. The van der Waals surface area contributed by atoms with E-state index in [4.69, 9.17) is 5.11 Å². The van der Waals surface area contributed by atoms with Crippen molar-refractivity contribution in [2.24, 2.45) is 46.3 Å². The number of hydrogen-bond acceptors (Lipinski definition) is 3. The summed E-state index contributed by atoms with van der Waals surface area (Å²) in [6.45, 7) is 6.99. The topological polar surface area (TPSA) is 77.8 Å². The zero-order valence-corrected chi connectivity index (χ0v) is 17.9. The largest absolute Gasteiger partial charge is 0.481 e. The Morgan fingerprint density at radius 1 is 1.04 bits per heavy atom. The van der Waals surface area contributed by atoms with E-state index in [0.29, 0.717) is 35.5 Å². The molecule has 4 nitrogen and oxygen atoms in total. The monoisotopic (exact) mass is 392 g/mol. The van der Waals surface area contributed by atoms with E-state index in [1.165, 1.54) is 19.3 Å². The maximum atomic E-state index is 11.5. The van der Waals surface area contributed by atoms with Crippen LogP contribution in [-0.2, 0) is 4.79 Å². The van der Waals surface area contributed by atoms with Gasteiger partial charge in [0.05, 0.1) is 12.2 Å². The zero-order valence-electron chi connectivity index (χ0n) is 17.9. The Bertz CT molecular complexity index is 605. The molecule has 0 aromatic rings. The van der Waals surface area contributed by atoms with Gasteiger partial charge in [0.1, 0.15) is 0 Å². The van der Waals surface area contributed by atoms with Crippen molar-refractivity contribution < 1.29 is 20.1 Å². The summed E-state index contributed by atoms with van der Waals surface area (Å²) in [4.78, 5) is 11.1. The number of carbonyl (C=O) groups is 1. The van der Waals surface area contributed by atoms with Crippen LogP contribution >= 0.6 is 0 Å². The van der Waals surface area contributed by atoms with Crippen molar-refractivity contribution in [1.82, 2.24) is 0 Å². The van der Waals surface area contributed by atoms with Gasteiger partial charge in [0.15, 0.2) is 0 Å². The van der Waals surface area contributed by atoms with Crippen molar-refractivity contribution in [2.45, 2.75) is 97.2 Å². The van der Waals surface area contributed by atoms with Gasteiger partial charge >= 0.3 is 5.97 Å². The van der Waals surface area contributed by atoms with Gasteiger partial charge in [-0.2, -0.15) is 0 Å². The van der Waals surface area contributed by atoms with Crippen LogP contribution in [0.15, 0.2) is 0 Å². The molecule has 4 heteroatoms. The molecule has 8 unspecified atom stereocenters. The molecule has 4 aliphatic carbocycles. The smallest absolute Gasteiger partial charge is 0.303 e. The molecule has 28 heavy (non-hydrogen) atoms. The summed E-state index contributed by atoms with van der Waals surface area (Å²) in [7, 11) is 0. The Labute approximate surface area is 170 Å². The highest BCUT2D eigenvalue weighted by Crippen LogP contribution is 2.68. The molecule has 0 aromatic heterocycles. The number of carboxylic acids is 1. The lowest BCUT2D eigenvalue weighted by atomic mass is 9.43. The SMILES string of the molecule is C[C@H](CCC(=O)O)C1CCC2C3CC[C@H]4CC(O)CCC4(C)C3CC(O)C21C. The number of hydrogen-bond donors (Lipinski definition) is 3. The van der Waals surface area contributed by atoms with Crippen LogP contribution < -0.4 is 0 Å². The van der Waals surface area contributed by atoms with Gasteiger partial charge in [-0.15, -0.1) is 0 Å². The highest BCUT2D eigenvalue weighted by atomic mass is 16.4. The summed E-state index contributed by atoms with van der Waals surface area (Å²) < 4.78 is 0. The van der Waals surface area contributed by atoms with Gasteiger partial charge in [-0.05, 0) is 104 Å². The third-order valence-corrected chi connectivity index (χ3v) is 10.3. The first-order chi connectivity index (χ1) is 13.2. The van der Waals surface area contributed by atoms with Gasteiger partial charge in [0.2, 0.25) is 0 Å². The minimum atomic E-state index is -0.707. The van der Waals surface area contributed by atoms with Gasteiger partial charge in [-0.1, -0.05) is 20.8 Å². The Morgan fingerprint density at radius 3 is 2.50 bits per heavy atom. The summed E-state index contributed by atoms with van der Waals surface area (Å²) >= 11 is 0. The van der Waals surface area contributed by atoms with Crippen molar-refractivity contribution in [3.05, 3.63) is 0 Å². The van der Waals surface area contributed by atoms with E-state index in [1.807, 2.05) is 0 Å². The van der Waals surface area contributed by atoms with Crippen molar-refractivity contribution in [3.8, 4) is 0 Å². The van der Waals surface area contributed by atoms with Crippen LogP contribution in [0.5, 0.6) is 0 Å². The summed E-state index contributed by atoms with van der Waals surface area (Å²) in [5.41, 5.74) is 0.216. The minimum Gasteiger partial charge on any atom is -0.481 e. The van der Waals surface area contributed by atoms with E-state index in [-0.39, 0.29) is 29.5 Å². The number of aliphatic hydroxyl groups excluding tert-OH is 2. The van der Waals surface area contributed by atoms with Crippen LogP contribution in [-0.4, -0.2) is 33.5 Å². The van der Waals surface area contributed by atoms with Gasteiger partial charge in [0.25, 0.3) is 0 Å². The summed E-state index contributed by atoms with van der Waals surface area (Å²) in [5, 5.41) is 30.8. The fourth-order valence-corrected chi connectivity index (χ4v) is 8.71. The van der Waals surface area contributed by atoms with Crippen molar-refractivity contribution >= 4 is 5.97 Å². The molecule has 0 aromatic carbocycles. The zero-order chi connectivity index (χ0) is 20.3. The molecule has 10 atom stereocenters. The molecule has 0 amide bonds. The second-order valence-corrected chi connectivity index (χ2v) is 11.3. The van der Waals surface area contributed by atoms with Gasteiger partial charge in [-0.25, -0.2) is 0 Å².